The van der Waals surface area contributed by atoms with E-state index in [0.717, 1.165) is 36.1 Å². The highest BCUT2D eigenvalue weighted by atomic mass is 32.2. The first-order valence-electron chi connectivity index (χ1n) is 12.5. The molecule has 8 heteroatoms. The first-order valence-corrected chi connectivity index (χ1v) is 13.9. The van der Waals surface area contributed by atoms with Crippen LogP contribution in [0.1, 0.15) is 49.7 Å². The molecule has 0 spiro atoms. The van der Waals surface area contributed by atoms with Crippen LogP contribution in [0.3, 0.4) is 0 Å². The number of nitrogens with one attached hydrogen (secondary N) is 1. The van der Waals surface area contributed by atoms with Crippen molar-refractivity contribution in [3.63, 3.8) is 0 Å². The average Bonchev–Trinajstić information content (AvgIpc) is 2.89. The molecule has 1 amide bonds. The van der Waals surface area contributed by atoms with E-state index in [2.05, 4.69) is 5.32 Å². The first kappa shape index (κ1) is 25.7. The monoisotopic (exact) mass is 500 g/mol. The summed E-state index contributed by atoms with van der Waals surface area (Å²) in [5.74, 6) is 0.735. The fourth-order valence-corrected chi connectivity index (χ4v) is 6.95. The van der Waals surface area contributed by atoms with Crippen LogP contribution in [0.2, 0.25) is 0 Å². The van der Waals surface area contributed by atoms with Crippen molar-refractivity contribution in [1.29, 1.82) is 0 Å². The molecule has 0 saturated carbocycles. The zero-order chi connectivity index (χ0) is 24.9. The third kappa shape index (κ3) is 5.55. The largest absolute Gasteiger partial charge is 0.497 e. The zero-order valence-corrected chi connectivity index (χ0v) is 21.5. The fourth-order valence-electron chi connectivity index (χ4n) is 5.22. The summed E-state index contributed by atoms with van der Waals surface area (Å²) in [5.41, 5.74) is 1.34. The number of carbonyl (C=O) groups excluding carboxylic acids is 1. The van der Waals surface area contributed by atoms with Gasteiger partial charge in [0, 0.05) is 32.3 Å². The van der Waals surface area contributed by atoms with Gasteiger partial charge >= 0.3 is 0 Å². The van der Waals surface area contributed by atoms with Gasteiger partial charge in [0.25, 0.3) is 0 Å². The van der Waals surface area contributed by atoms with E-state index >= 15 is 0 Å². The summed E-state index contributed by atoms with van der Waals surface area (Å²) >= 11 is 0. The van der Waals surface area contributed by atoms with Crippen molar-refractivity contribution in [3.05, 3.63) is 59.7 Å². The van der Waals surface area contributed by atoms with Gasteiger partial charge < -0.3 is 14.8 Å². The van der Waals surface area contributed by atoms with Crippen molar-refractivity contribution >= 4 is 15.9 Å². The summed E-state index contributed by atoms with van der Waals surface area (Å²) in [4.78, 5) is 13.9. The molecule has 4 rings (SSSR count). The minimum Gasteiger partial charge on any atom is -0.497 e. The number of benzene rings is 2. The van der Waals surface area contributed by atoms with Crippen LogP contribution in [0, 0.1) is 6.92 Å². The van der Waals surface area contributed by atoms with Crippen LogP contribution in [-0.4, -0.2) is 58.1 Å². The maximum atomic E-state index is 13.5. The lowest BCUT2D eigenvalue weighted by Gasteiger charge is -2.37. The summed E-state index contributed by atoms with van der Waals surface area (Å²) in [6, 6.07) is 14.6. The molecule has 0 aliphatic carbocycles. The van der Waals surface area contributed by atoms with Crippen molar-refractivity contribution in [1.82, 2.24) is 9.62 Å². The van der Waals surface area contributed by atoms with E-state index in [1.165, 1.54) is 0 Å². The van der Waals surface area contributed by atoms with Crippen molar-refractivity contribution in [2.75, 3.05) is 33.4 Å². The van der Waals surface area contributed by atoms with E-state index in [4.69, 9.17) is 9.47 Å². The minimum atomic E-state index is -3.57. The Morgan fingerprint density at radius 1 is 1.09 bits per heavy atom. The molecule has 2 aliphatic heterocycles. The fraction of sp³-hybridized carbons (Fsp3) is 0.519. The third-order valence-corrected chi connectivity index (χ3v) is 9.35. The molecule has 2 aromatic rings. The first-order chi connectivity index (χ1) is 16.9. The second-order valence-electron chi connectivity index (χ2n) is 9.55. The molecule has 0 bridgehead atoms. The molecule has 1 N–H and O–H groups in total. The number of aryl methyl sites for hydroxylation is 1. The molecule has 2 aliphatic rings. The Bertz CT molecular complexity index is 1090. The Morgan fingerprint density at radius 3 is 2.43 bits per heavy atom. The van der Waals surface area contributed by atoms with Gasteiger partial charge in [-0.2, -0.15) is 4.31 Å². The molecule has 2 fully saturated rings. The number of rotatable bonds is 8. The van der Waals surface area contributed by atoms with E-state index in [9.17, 15) is 13.2 Å². The topological polar surface area (TPSA) is 84.9 Å². The highest BCUT2D eigenvalue weighted by molar-refractivity contribution is 7.89. The summed E-state index contributed by atoms with van der Waals surface area (Å²) in [7, 11) is -1.94. The molecule has 2 saturated heterocycles. The highest BCUT2D eigenvalue weighted by Gasteiger charge is 2.42. The van der Waals surface area contributed by atoms with Crippen LogP contribution in [-0.2, 0) is 25.0 Å². The molecule has 1 unspecified atom stereocenters. The van der Waals surface area contributed by atoms with Crippen LogP contribution < -0.4 is 10.1 Å². The Kier molecular flexibility index (Phi) is 8.14. The molecule has 190 valence electrons. The number of amides is 1. The van der Waals surface area contributed by atoms with Gasteiger partial charge in [-0.25, -0.2) is 8.42 Å². The maximum absolute atomic E-state index is 13.5. The summed E-state index contributed by atoms with van der Waals surface area (Å²) < 4.78 is 39.2. The molecule has 1 atom stereocenters. The van der Waals surface area contributed by atoms with Crippen molar-refractivity contribution in [2.24, 2.45) is 0 Å². The lowest BCUT2D eigenvalue weighted by atomic mass is 9.73. The van der Waals surface area contributed by atoms with E-state index in [-0.39, 0.29) is 11.9 Å². The number of methoxy groups -OCH3 is 1. The quantitative estimate of drug-likeness (QED) is 0.596. The number of nitrogens with zero attached hydrogens (tertiary/aromatic N) is 1. The predicted octanol–water partition coefficient (Wildman–Crippen LogP) is 3.80. The lowest BCUT2D eigenvalue weighted by molar-refractivity contribution is -0.130. The Morgan fingerprint density at radius 2 is 1.77 bits per heavy atom. The van der Waals surface area contributed by atoms with E-state index in [0.29, 0.717) is 50.5 Å². The van der Waals surface area contributed by atoms with Gasteiger partial charge in [0.05, 0.1) is 17.4 Å². The van der Waals surface area contributed by atoms with Crippen molar-refractivity contribution < 1.29 is 22.7 Å². The zero-order valence-electron chi connectivity index (χ0n) is 20.7. The number of hydrogen-bond acceptors (Lipinski definition) is 5. The molecule has 7 nitrogen and oxygen atoms in total. The van der Waals surface area contributed by atoms with Crippen LogP contribution in [0.5, 0.6) is 5.75 Å². The number of hydrogen-bond donors (Lipinski definition) is 1. The molecular weight excluding hydrogens is 464 g/mol. The van der Waals surface area contributed by atoms with Gasteiger partial charge in [-0.1, -0.05) is 36.2 Å². The molecule has 0 radical (unpaired) electrons. The Labute approximate surface area is 208 Å². The van der Waals surface area contributed by atoms with Crippen LogP contribution >= 0.6 is 0 Å². The van der Waals surface area contributed by atoms with Crippen molar-refractivity contribution in [2.45, 2.75) is 61.8 Å². The molecule has 2 heterocycles. The number of carbonyl (C=O) groups is 1. The van der Waals surface area contributed by atoms with Crippen molar-refractivity contribution in [3.8, 4) is 5.75 Å². The van der Waals surface area contributed by atoms with Gasteiger partial charge in [-0.3, -0.25) is 4.79 Å². The summed E-state index contributed by atoms with van der Waals surface area (Å²) in [6.07, 6.45) is 4.47. The number of sulfonamides is 1. The van der Waals surface area contributed by atoms with Crippen LogP contribution in [0.25, 0.3) is 0 Å². The normalized spacial score (nSPS) is 20.8. The van der Waals surface area contributed by atoms with E-state index in [1.807, 2.05) is 43.3 Å². The minimum absolute atomic E-state index is 0.0188. The smallest absolute Gasteiger partial charge is 0.243 e. The number of piperidine rings is 1. The Hall–Kier alpha value is -2.42. The molecule has 0 aromatic heterocycles. The average molecular weight is 501 g/mol. The van der Waals surface area contributed by atoms with Gasteiger partial charge in [0.15, 0.2) is 0 Å². The third-order valence-electron chi connectivity index (χ3n) is 7.39. The van der Waals surface area contributed by atoms with Gasteiger partial charge in [-0.05, 0) is 68.9 Å². The molecule has 2 aromatic carbocycles. The maximum Gasteiger partial charge on any atom is 0.243 e. The van der Waals surface area contributed by atoms with Crippen LogP contribution in [0.15, 0.2) is 53.4 Å². The van der Waals surface area contributed by atoms with Gasteiger partial charge in [0.1, 0.15) is 5.75 Å². The second-order valence-corrected chi connectivity index (χ2v) is 11.4. The van der Waals surface area contributed by atoms with Gasteiger partial charge in [-0.15, -0.1) is 0 Å². The SMILES string of the molecule is COc1ccc(C2(C(=O)NCCC3CCCCN3S(=O)(=O)c3ccc(C)cc3)CCOCC2)cc1. The number of ether oxygens (including phenoxy) is 2. The Balaban J connectivity index is 1.44. The lowest BCUT2D eigenvalue weighted by Crippen LogP contribution is -2.50. The standard InChI is InChI=1S/C27H36N2O5S/c1-21-6-12-25(13-7-21)35(31,32)29-18-4-3-5-23(29)14-17-28-26(30)27(15-19-34-20-16-27)22-8-10-24(33-2)11-9-22/h6-13,23H,3-5,14-20H2,1-2H3,(H,28,30). The predicted molar refractivity (Wildman–Crippen MR) is 135 cm³/mol. The van der Waals surface area contributed by atoms with E-state index < -0.39 is 15.4 Å². The molecular formula is C27H36N2O5S. The van der Waals surface area contributed by atoms with E-state index in [1.54, 1.807) is 23.5 Å². The summed E-state index contributed by atoms with van der Waals surface area (Å²) in [6.45, 7) is 3.96. The highest BCUT2D eigenvalue weighted by Crippen LogP contribution is 2.36. The van der Waals surface area contributed by atoms with Gasteiger partial charge in [0.2, 0.25) is 15.9 Å². The summed E-state index contributed by atoms with van der Waals surface area (Å²) in [5, 5.41) is 3.14. The molecule has 35 heavy (non-hydrogen) atoms. The second kappa shape index (κ2) is 11.1. The van der Waals surface area contributed by atoms with Crippen LogP contribution in [0.4, 0.5) is 0 Å².